The van der Waals surface area contributed by atoms with Gasteiger partial charge in [0.05, 0.1) is 0 Å². The molecule has 1 saturated carbocycles. The Hall–Kier alpha value is -1.62. The molecule has 0 heterocycles. The number of halogens is 1. The van der Waals surface area contributed by atoms with Gasteiger partial charge in [-0.2, -0.15) is 0 Å². The van der Waals surface area contributed by atoms with Crippen LogP contribution in [-0.4, -0.2) is 19.1 Å². The number of ether oxygens (including phenoxy) is 1. The van der Waals surface area contributed by atoms with E-state index < -0.39 is 0 Å². The maximum atomic E-state index is 13.0. The Balaban J connectivity index is 1.82. The molecule has 0 radical (unpaired) electrons. The predicted molar refractivity (Wildman–Crippen MR) is 65.5 cm³/mol. The minimum absolute atomic E-state index is 0.0641. The van der Waals surface area contributed by atoms with Crippen molar-refractivity contribution in [2.24, 2.45) is 11.7 Å². The Morgan fingerprint density at radius 1 is 1.50 bits per heavy atom. The maximum absolute atomic E-state index is 13.0. The molecule has 1 fully saturated rings. The predicted octanol–water partition coefficient (Wildman–Crippen LogP) is 1.19. The molecule has 0 aromatic heterocycles. The van der Waals surface area contributed by atoms with Crippen LogP contribution in [0.15, 0.2) is 18.2 Å². The van der Waals surface area contributed by atoms with Crippen molar-refractivity contribution >= 4 is 5.91 Å². The summed E-state index contributed by atoms with van der Waals surface area (Å²) in [5, 5.41) is 2.79. The van der Waals surface area contributed by atoms with Gasteiger partial charge in [-0.3, -0.25) is 4.79 Å². The van der Waals surface area contributed by atoms with E-state index in [-0.39, 0.29) is 24.9 Å². The average molecular weight is 252 g/mol. The fourth-order valence-electron chi connectivity index (χ4n) is 1.62. The lowest BCUT2D eigenvalue weighted by molar-refractivity contribution is -0.123. The van der Waals surface area contributed by atoms with Crippen LogP contribution >= 0.6 is 0 Å². The summed E-state index contributed by atoms with van der Waals surface area (Å²) >= 11 is 0. The normalized spacial score (nSPS) is 14.3. The van der Waals surface area contributed by atoms with E-state index in [0.29, 0.717) is 17.2 Å². The summed E-state index contributed by atoms with van der Waals surface area (Å²) in [4.78, 5) is 11.5. The molecule has 98 valence electrons. The molecule has 4 nitrogen and oxygen atoms in total. The van der Waals surface area contributed by atoms with E-state index in [0.717, 1.165) is 6.54 Å². The van der Waals surface area contributed by atoms with Gasteiger partial charge in [0.2, 0.25) is 0 Å². The Morgan fingerprint density at radius 2 is 2.28 bits per heavy atom. The van der Waals surface area contributed by atoms with Gasteiger partial charge in [-0.25, -0.2) is 4.39 Å². The summed E-state index contributed by atoms with van der Waals surface area (Å²) in [5.41, 5.74) is 6.05. The van der Waals surface area contributed by atoms with Crippen molar-refractivity contribution in [2.45, 2.75) is 19.4 Å². The number of nitrogens with two attached hydrogens (primary N) is 1. The van der Waals surface area contributed by atoms with Crippen molar-refractivity contribution in [3.05, 3.63) is 29.6 Å². The first-order chi connectivity index (χ1) is 8.69. The molecule has 1 aromatic carbocycles. The average Bonchev–Trinajstić information content (AvgIpc) is 3.18. The summed E-state index contributed by atoms with van der Waals surface area (Å²) in [7, 11) is 0. The van der Waals surface area contributed by atoms with Crippen LogP contribution in [0.2, 0.25) is 0 Å². The molecule has 5 heteroatoms. The number of rotatable bonds is 6. The highest BCUT2D eigenvalue weighted by atomic mass is 19.1. The molecule has 18 heavy (non-hydrogen) atoms. The minimum atomic E-state index is -0.360. The van der Waals surface area contributed by atoms with Crippen molar-refractivity contribution in [3.8, 4) is 5.75 Å². The van der Waals surface area contributed by atoms with Gasteiger partial charge in [0.15, 0.2) is 6.61 Å². The third kappa shape index (κ3) is 3.70. The number of hydrogen-bond acceptors (Lipinski definition) is 3. The molecular formula is C13H17FN2O2. The van der Waals surface area contributed by atoms with Gasteiger partial charge < -0.3 is 15.8 Å². The minimum Gasteiger partial charge on any atom is -0.483 e. The van der Waals surface area contributed by atoms with Gasteiger partial charge in [-0.15, -0.1) is 0 Å². The third-order valence-corrected chi connectivity index (χ3v) is 2.89. The SMILES string of the molecule is NCc1cc(F)ccc1OCC(=O)NCC1CC1. The first-order valence-electron chi connectivity index (χ1n) is 6.07. The van der Waals surface area contributed by atoms with E-state index >= 15 is 0 Å². The summed E-state index contributed by atoms with van der Waals surface area (Å²) in [6.07, 6.45) is 2.38. The van der Waals surface area contributed by atoms with Gasteiger partial charge in [0.25, 0.3) is 5.91 Å². The number of carbonyl (C=O) groups is 1. The topological polar surface area (TPSA) is 64.3 Å². The monoisotopic (exact) mass is 252 g/mol. The van der Waals surface area contributed by atoms with E-state index in [1.165, 1.54) is 31.0 Å². The summed E-state index contributed by atoms with van der Waals surface area (Å²) in [6, 6.07) is 4.10. The van der Waals surface area contributed by atoms with Crippen LogP contribution in [0.3, 0.4) is 0 Å². The Kier molecular flexibility index (Phi) is 4.15. The third-order valence-electron chi connectivity index (χ3n) is 2.89. The van der Waals surface area contributed by atoms with Crippen LogP contribution < -0.4 is 15.8 Å². The highest BCUT2D eigenvalue weighted by Gasteiger charge is 2.21. The molecule has 2 rings (SSSR count). The maximum Gasteiger partial charge on any atom is 0.257 e. The summed E-state index contributed by atoms with van der Waals surface area (Å²) in [6.45, 7) is 0.831. The lowest BCUT2D eigenvalue weighted by atomic mass is 10.2. The van der Waals surface area contributed by atoms with Crippen LogP contribution in [0.5, 0.6) is 5.75 Å². The standard InChI is InChI=1S/C13H17FN2O2/c14-11-3-4-12(10(5-11)6-15)18-8-13(17)16-7-9-1-2-9/h3-5,9H,1-2,6-8,15H2,(H,16,17). The van der Waals surface area contributed by atoms with Crippen LogP contribution in [0.25, 0.3) is 0 Å². The Labute approximate surface area is 105 Å². The molecule has 1 aliphatic carbocycles. The van der Waals surface area contributed by atoms with E-state index in [2.05, 4.69) is 5.32 Å². The molecule has 0 saturated heterocycles. The van der Waals surface area contributed by atoms with Crippen molar-refractivity contribution in [1.82, 2.24) is 5.32 Å². The second kappa shape index (κ2) is 5.82. The van der Waals surface area contributed by atoms with Gasteiger partial charge in [0.1, 0.15) is 11.6 Å². The number of carbonyl (C=O) groups excluding carboxylic acids is 1. The van der Waals surface area contributed by atoms with Crippen molar-refractivity contribution < 1.29 is 13.9 Å². The van der Waals surface area contributed by atoms with Crippen LogP contribution in [0.4, 0.5) is 4.39 Å². The zero-order valence-corrected chi connectivity index (χ0v) is 10.1. The summed E-state index contributed by atoms with van der Waals surface area (Å²) in [5.74, 6) is 0.579. The van der Waals surface area contributed by atoms with Gasteiger partial charge in [-0.1, -0.05) is 0 Å². The Bertz CT molecular complexity index is 433. The lowest BCUT2D eigenvalue weighted by Crippen LogP contribution is -2.30. The van der Waals surface area contributed by atoms with E-state index in [9.17, 15) is 9.18 Å². The molecular weight excluding hydrogens is 235 g/mol. The molecule has 0 atom stereocenters. The molecule has 0 bridgehead atoms. The Morgan fingerprint density at radius 3 is 2.94 bits per heavy atom. The highest BCUT2D eigenvalue weighted by molar-refractivity contribution is 5.77. The van der Waals surface area contributed by atoms with Crippen LogP contribution in [0, 0.1) is 11.7 Å². The second-order valence-electron chi connectivity index (χ2n) is 4.49. The first kappa shape index (κ1) is 12.8. The van der Waals surface area contributed by atoms with E-state index in [1.807, 2.05) is 0 Å². The van der Waals surface area contributed by atoms with Crippen LogP contribution in [0.1, 0.15) is 18.4 Å². The molecule has 1 aliphatic rings. The molecule has 1 aromatic rings. The highest BCUT2D eigenvalue weighted by Crippen LogP contribution is 2.27. The molecule has 1 amide bonds. The largest absolute Gasteiger partial charge is 0.483 e. The molecule has 0 spiro atoms. The van der Waals surface area contributed by atoms with Gasteiger partial charge >= 0.3 is 0 Å². The number of nitrogens with one attached hydrogen (secondary N) is 1. The number of amides is 1. The second-order valence-corrected chi connectivity index (χ2v) is 4.49. The first-order valence-corrected chi connectivity index (χ1v) is 6.07. The number of benzene rings is 1. The van der Waals surface area contributed by atoms with Crippen molar-refractivity contribution in [2.75, 3.05) is 13.2 Å². The van der Waals surface area contributed by atoms with Gasteiger partial charge in [-0.05, 0) is 37.0 Å². The molecule has 0 unspecified atom stereocenters. The lowest BCUT2D eigenvalue weighted by Gasteiger charge is -2.10. The smallest absolute Gasteiger partial charge is 0.257 e. The molecule has 3 N–H and O–H groups in total. The van der Waals surface area contributed by atoms with Crippen molar-refractivity contribution in [3.63, 3.8) is 0 Å². The zero-order chi connectivity index (χ0) is 13.0. The summed E-state index contributed by atoms with van der Waals surface area (Å²) < 4.78 is 18.3. The molecule has 0 aliphatic heterocycles. The van der Waals surface area contributed by atoms with E-state index in [1.54, 1.807) is 0 Å². The quantitative estimate of drug-likeness (QED) is 0.799. The van der Waals surface area contributed by atoms with Crippen LogP contribution in [-0.2, 0) is 11.3 Å². The fourth-order valence-corrected chi connectivity index (χ4v) is 1.62. The van der Waals surface area contributed by atoms with Gasteiger partial charge in [0, 0.05) is 18.7 Å². The zero-order valence-electron chi connectivity index (χ0n) is 10.1. The number of hydrogen-bond donors (Lipinski definition) is 2. The van der Waals surface area contributed by atoms with Crippen molar-refractivity contribution in [1.29, 1.82) is 0 Å². The van der Waals surface area contributed by atoms with E-state index in [4.69, 9.17) is 10.5 Å². The fraction of sp³-hybridized carbons (Fsp3) is 0.462.